The number of nitrogens with two attached hydrogens (primary N) is 1. The van der Waals surface area contributed by atoms with Gasteiger partial charge in [0.2, 0.25) is 5.91 Å². The molecule has 0 aliphatic carbocycles. The number of imide groups is 1. The van der Waals surface area contributed by atoms with Gasteiger partial charge in [0.05, 0.1) is 11.1 Å². The Kier molecular flexibility index (Phi) is 5.39. The fourth-order valence-electron chi connectivity index (χ4n) is 4.15. The van der Waals surface area contributed by atoms with E-state index in [1.165, 1.54) is 4.90 Å². The molecule has 1 fully saturated rings. The molecular weight excluding hydrogens is 390 g/mol. The Bertz CT molecular complexity index is 950. The SMILES string of the molecule is NC(=O)c1ccc(C[C@@H](CN2C(=O)c3ccccc3C2=O)N2CCCC2)c(Cl)c1. The smallest absolute Gasteiger partial charge is 0.261 e. The van der Waals surface area contributed by atoms with Crippen LogP contribution in [0.3, 0.4) is 0 Å². The average molecular weight is 412 g/mol. The number of fused-ring (bicyclic) bond motifs is 1. The predicted octanol–water partition coefficient (Wildman–Crippen LogP) is 2.74. The molecular formula is C22H22ClN3O3. The quantitative estimate of drug-likeness (QED) is 0.741. The van der Waals surface area contributed by atoms with Crippen LogP contribution in [-0.2, 0) is 6.42 Å². The highest BCUT2D eigenvalue weighted by Crippen LogP contribution is 2.27. The first-order chi connectivity index (χ1) is 14.0. The van der Waals surface area contributed by atoms with Crippen molar-refractivity contribution < 1.29 is 14.4 Å². The van der Waals surface area contributed by atoms with Gasteiger partial charge in [-0.2, -0.15) is 0 Å². The van der Waals surface area contributed by atoms with Crippen LogP contribution < -0.4 is 5.73 Å². The molecule has 0 bridgehead atoms. The van der Waals surface area contributed by atoms with E-state index in [0.29, 0.717) is 34.7 Å². The number of halogens is 1. The zero-order chi connectivity index (χ0) is 20.5. The fourth-order valence-corrected chi connectivity index (χ4v) is 4.41. The van der Waals surface area contributed by atoms with Gasteiger partial charge in [-0.3, -0.25) is 24.2 Å². The number of amides is 3. The van der Waals surface area contributed by atoms with Crippen molar-refractivity contribution in [3.05, 3.63) is 69.7 Å². The van der Waals surface area contributed by atoms with Crippen LogP contribution in [0.25, 0.3) is 0 Å². The molecule has 29 heavy (non-hydrogen) atoms. The van der Waals surface area contributed by atoms with Crippen molar-refractivity contribution in [3.8, 4) is 0 Å². The van der Waals surface area contributed by atoms with Crippen LogP contribution in [0, 0.1) is 0 Å². The molecule has 0 spiro atoms. The minimum Gasteiger partial charge on any atom is -0.366 e. The molecule has 7 heteroatoms. The molecule has 4 rings (SSSR count). The lowest BCUT2D eigenvalue weighted by Crippen LogP contribution is -2.46. The second-order valence-electron chi connectivity index (χ2n) is 7.54. The molecule has 2 aromatic carbocycles. The van der Waals surface area contributed by atoms with Crippen LogP contribution in [0.1, 0.15) is 49.5 Å². The van der Waals surface area contributed by atoms with Crippen LogP contribution in [0.4, 0.5) is 0 Å². The summed E-state index contributed by atoms with van der Waals surface area (Å²) in [6, 6.07) is 11.9. The number of benzene rings is 2. The van der Waals surface area contributed by atoms with E-state index in [1.54, 1.807) is 42.5 Å². The van der Waals surface area contributed by atoms with E-state index in [2.05, 4.69) is 4.90 Å². The Morgan fingerprint density at radius 1 is 1.03 bits per heavy atom. The van der Waals surface area contributed by atoms with Crippen molar-refractivity contribution in [2.45, 2.75) is 25.3 Å². The molecule has 2 aliphatic rings. The highest BCUT2D eigenvalue weighted by molar-refractivity contribution is 6.31. The van der Waals surface area contributed by atoms with Crippen LogP contribution in [0.5, 0.6) is 0 Å². The maximum absolute atomic E-state index is 12.8. The summed E-state index contributed by atoms with van der Waals surface area (Å²) in [6.45, 7) is 2.15. The first kappa shape index (κ1) is 19.6. The third-order valence-corrected chi connectivity index (χ3v) is 6.07. The highest BCUT2D eigenvalue weighted by atomic mass is 35.5. The normalized spacial score (nSPS) is 17.6. The summed E-state index contributed by atoms with van der Waals surface area (Å²) in [5.74, 6) is -1.02. The van der Waals surface area contributed by atoms with Gasteiger partial charge in [-0.15, -0.1) is 0 Å². The van der Waals surface area contributed by atoms with Crippen molar-refractivity contribution in [2.24, 2.45) is 5.73 Å². The number of rotatable bonds is 6. The van der Waals surface area contributed by atoms with E-state index < -0.39 is 5.91 Å². The lowest BCUT2D eigenvalue weighted by atomic mass is 10.0. The van der Waals surface area contributed by atoms with Gasteiger partial charge in [-0.25, -0.2) is 0 Å². The minimum absolute atomic E-state index is 0.0448. The van der Waals surface area contributed by atoms with Crippen molar-refractivity contribution in [3.63, 3.8) is 0 Å². The number of likely N-dealkylation sites (tertiary alicyclic amines) is 1. The van der Waals surface area contributed by atoms with Gasteiger partial charge < -0.3 is 5.73 Å². The van der Waals surface area contributed by atoms with Gasteiger partial charge in [-0.1, -0.05) is 29.8 Å². The zero-order valence-electron chi connectivity index (χ0n) is 15.9. The van der Waals surface area contributed by atoms with Gasteiger partial charge in [0.25, 0.3) is 11.8 Å². The molecule has 0 saturated carbocycles. The van der Waals surface area contributed by atoms with Crippen molar-refractivity contribution in [1.82, 2.24) is 9.80 Å². The monoisotopic (exact) mass is 411 g/mol. The Hall–Kier alpha value is -2.70. The number of hydrogen-bond donors (Lipinski definition) is 1. The molecule has 0 aromatic heterocycles. The minimum atomic E-state index is -0.527. The van der Waals surface area contributed by atoms with E-state index in [0.717, 1.165) is 31.5 Å². The molecule has 150 valence electrons. The molecule has 3 amide bonds. The Morgan fingerprint density at radius 2 is 1.66 bits per heavy atom. The average Bonchev–Trinajstić information content (AvgIpc) is 3.32. The third-order valence-electron chi connectivity index (χ3n) is 5.72. The first-order valence-electron chi connectivity index (χ1n) is 9.73. The number of carbonyl (C=O) groups excluding carboxylic acids is 3. The molecule has 2 N–H and O–H groups in total. The van der Waals surface area contributed by atoms with E-state index >= 15 is 0 Å². The molecule has 1 atom stereocenters. The van der Waals surface area contributed by atoms with E-state index in [-0.39, 0.29) is 17.9 Å². The fraction of sp³-hybridized carbons (Fsp3) is 0.318. The lowest BCUT2D eigenvalue weighted by molar-refractivity contribution is 0.0600. The summed E-state index contributed by atoms with van der Waals surface area (Å²) >= 11 is 6.40. The number of primary amides is 1. The molecule has 1 saturated heterocycles. The summed E-state index contributed by atoms with van der Waals surface area (Å²) in [5.41, 5.74) is 7.47. The van der Waals surface area contributed by atoms with Crippen molar-refractivity contribution in [1.29, 1.82) is 0 Å². The summed E-state index contributed by atoms with van der Waals surface area (Å²) in [6.07, 6.45) is 2.76. The lowest BCUT2D eigenvalue weighted by Gasteiger charge is -2.31. The topological polar surface area (TPSA) is 83.7 Å². The van der Waals surface area contributed by atoms with Crippen molar-refractivity contribution in [2.75, 3.05) is 19.6 Å². The summed E-state index contributed by atoms with van der Waals surface area (Å²) < 4.78 is 0. The van der Waals surface area contributed by atoms with Crippen LogP contribution in [0.15, 0.2) is 42.5 Å². The van der Waals surface area contributed by atoms with Gasteiger partial charge >= 0.3 is 0 Å². The van der Waals surface area contributed by atoms with E-state index in [9.17, 15) is 14.4 Å². The third kappa shape index (κ3) is 3.78. The van der Waals surface area contributed by atoms with Gasteiger partial charge in [0.15, 0.2) is 0 Å². The molecule has 0 unspecified atom stereocenters. The largest absolute Gasteiger partial charge is 0.366 e. The number of nitrogens with zero attached hydrogens (tertiary/aromatic N) is 2. The second-order valence-corrected chi connectivity index (χ2v) is 7.95. The first-order valence-corrected chi connectivity index (χ1v) is 10.1. The molecule has 6 nitrogen and oxygen atoms in total. The zero-order valence-corrected chi connectivity index (χ0v) is 16.7. The second kappa shape index (κ2) is 7.97. The van der Waals surface area contributed by atoms with E-state index in [1.807, 2.05) is 0 Å². The Labute approximate surface area is 174 Å². The maximum atomic E-state index is 12.8. The molecule has 0 radical (unpaired) electrons. The van der Waals surface area contributed by atoms with Crippen LogP contribution in [0.2, 0.25) is 5.02 Å². The highest BCUT2D eigenvalue weighted by Gasteiger charge is 2.37. The van der Waals surface area contributed by atoms with Crippen LogP contribution in [-0.4, -0.2) is 53.2 Å². The number of hydrogen-bond acceptors (Lipinski definition) is 4. The summed E-state index contributed by atoms with van der Waals surface area (Å²) in [4.78, 5) is 40.6. The summed E-state index contributed by atoms with van der Waals surface area (Å²) in [5, 5.41) is 0.466. The summed E-state index contributed by atoms with van der Waals surface area (Å²) in [7, 11) is 0. The molecule has 2 aliphatic heterocycles. The van der Waals surface area contributed by atoms with Gasteiger partial charge in [0.1, 0.15) is 0 Å². The Balaban J connectivity index is 1.58. The van der Waals surface area contributed by atoms with Gasteiger partial charge in [0, 0.05) is 23.2 Å². The van der Waals surface area contributed by atoms with Crippen molar-refractivity contribution >= 4 is 29.3 Å². The maximum Gasteiger partial charge on any atom is 0.261 e. The Morgan fingerprint density at radius 3 is 2.21 bits per heavy atom. The van der Waals surface area contributed by atoms with E-state index in [4.69, 9.17) is 17.3 Å². The molecule has 2 heterocycles. The molecule has 2 aromatic rings. The van der Waals surface area contributed by atoms with Crippen LogP contribution >= 0.6 is 11.6 Å². The standard InChI is InChI=1S/C22H22ClN3O3/c23-19-12-15(20(24)27)8-7-14(19)11-16(25-9-3-4-10-25)13-26-21(28)17-5-1-2-6-18(17)22(26)29/h1-2,5-8,12,16H,3-4,9-11,13H2,(H2,24,27)/t16-/m0/s1. The predicted molar refractivity (Wildman–Crippen MR) is 110 cm³/mol. The van der Waals surface area contributed by atoms with Gasteiger partial charge in [-0.05, 0) is 62.2 Å². The number of carbonyl (C=O) groups is 3.